The molecule has 0 unspecified atom stereocenters. The number of anilines is 1. The smallest absolute Gasteiger partial charge is 0.319 e. The molecule has 0 saturated heterocycles. The van der Waals surface area contributed by atoms with E-state index in [2.05, 4.69) is 16.7 Å². The van der Waals surface area contributed by atoms with E-state index in [9.17, 15) is 23.5 Å². The topological polar surface area (TPSA) is 90.9 Å². The third-order valence-corrected chi connectivity index (χ3v) is 5.80. The number of aliphatic hydroxyl groups excluding tert-OH is 1. The summed E-state index contributed by atoms with van der Waals surface area (Å²) >= 11 is 0. The van der Waals surface area contributed by atoms with E-state index in [1.54, 1.807) is 17.1 Å². The third kappa shape index (κ3) is 5.55. The van der Waals surface area contributed by atoms with Gasteiger partial charge in [-0.05, 0) is 29.7 Å². The van der Waals surface area contributed by atoms with Gasteiger partial charge in [0.2, 0.25) is 5.91 Å². The molecule has 2 aliphatic rings. The first-order chi connectivity index (χ1) is 15.9. The van der Waals surface area contributed by atoms with Crippen LogP contribution in [0.15, 0.2) is 54.6 Å². The average Bonchev–Trinajstić information content (AvgIpc) is 2.82. The maximum absolute atomic E-state index is 13.7. The van der Waals surface area contributed by atoms with Gasteiger partial charge in [-0.2, -0.15) is 0 Å². The number of carbonyl (C=O) groups is 2. The highest BCUT2D eigenvalue weighted by atomic mass is 19.1. The minimum Gasteiger partial charge on any atom is -0.394 e. The molecule has 9 heteroatoms. The van der Waals surface area contributed by atoms with E-state index in [0.717, 1.165) is 30.2 Å². The van der Waals surface area contributed by atoms with E-state index >= 15 is 0 Å². The zero-order valence-corrected chi connectivity index (χ0v) is 17.8. The maximum atomic E-state index is 13.7. The monoisotopic (exact) mass is 457 g/mol. The van der Waals surface area contributed by atoms with Crippen molar-refractivity contribution in [3.63, 3.8) is 0 Å². The number of hydrogen-bond donors (Lipinski definition) is 3. The molecule has 0 spiro atoms. The van der Waals surface area contributed by atoms with Crippen LogP contribution in [0.2, 0.25) is 0 Å². The highest BCUT2D eigenvalue weighted by molar-refractivity contribution is 5.89. The molecule has 0 aliphatic carbocycles. The quantitative estimate of drug-likeness (QED) is 0.603. The van der Waals surface area contributed by atoms with Gasteiger partial charge in [0.15, 0.2) is 0 Å². The Morgan fingerprint density at radius 3 is 2.70 bits per heavy atom. The van der Waals surface area contributed by atoms with Crippen LogP contribution in [0.25, 0.3) is 0 Å². The summed E-state index contributed by atoms with van der Waals surface area (Å²) in [6, 6.07) is 9.27. The van der Waals surface area contributed by atoms with Gasteiger partial charge in [-0.3, -0.25) is 4.79 Å². The van der Waals surface area contributed by atoms with Gasteiger partial charge < -0.3 is 25.4 Å². The van der Waals surface area contributed by atoms with Gasteiger partial charge in [0.1, 0.15) is 17.7 Å². The van der Waals surface area contributed by atoms with Crippen LogP contribution in [0.3, 0.4) is 0 Å². The zero-order chi connectivity index (χ0) is 23.4. The van der Waals surface area contributed by atoms with Crippen LogP contribution in [-0.2, 0) is 22.5 Å². The Bertz CT molecular complexity index is 1060. The first kappa shape index (κ1) is 22.9. The number of hydrogen-bond acceptors (Lipinski definition) is 4. The normalized spacial score (nSPS) is 21.9. The van der Waals surface area contributed by atoms with Crippen LogP contribution < -0.4 is 10.6 Å². The molecule has 7 nitrogen and oxygen atoms in total. The van der Waals surface area contributed by atoms with E-state index < -0.39 is 42.5 Å². The third-order valence-electron chi connectivity index (χ3n) is 5.80. The lowest BCUT2D eigenvalue weighted by Crippen LogP contribution is -2.50. The number of amides is 3. The molecule has 2 aromatic rings. The molecule has 0 aromatic heterocycles. The van der Waals surface area contributed by atoms with Crippen LogP contribution in [0.4, 0.5) is 19.3 Å². The molecule has 33 heavy (non-hydrogen) atoms. The lowest BCUT2D eigenvalue weighted by Gasteiger charge is -2.34. The van der Waals surface area contributed by atoms with Crippen molar-refractivity contribution in [2.24, 2.45) is 0 Å². The molecular weight excluding hydrogens is 432 g/mol. The molecule has 174 valence electrons. The molecular formula is C24H25F2N3O4. The second-order valence-corrected chi connectivity index (χ2v) is 8.07. The minimum atomic E-state index is -0.794. The lowest BCUT2D eigenvalue weighted by molar-refractivity contribution is -0.136. The van der Waals surface area contributed by atoms with Crippen LogP contribution in [0, 0.1) is 11.6 Å². The Morgan fingerprint density at radius 2 is 1.91 bits per heavy atom. The van der Waals surface area contributed by atoms with Crippen molar-refractivity contribution in [1.29, 1.82) is 0 Å². The highest BCUT2D eigenvalue weighted by Gasteiger charge is 2.31. The molecule has 2 aromatic carbocycles. The summed E-state index contributed by atoms with van der Waals surface area (Å²) in [6.45, 7) is 0.790. The zero-order valence-electron chi connectivity index (χ0n) is 17.8. The first-order valence-electron chi connectivity index (χ1n) is 10.7. The molecule has 0 radical (unpaired) electrons. The summed E-state index contributed by atoms with van der Waals surface area (Å²) < 4.78 is 32.8. The number of fused-ring (bicyclic) bond motifs is 1. The van der Waals surface area contributed by atoms with Crippen LogP contribution in [0.5, 0.6) is 0 Å². The summed E-state index contributed by atoms with van der Waals surface area (Å²) in [6.07, 6.45) is 2.87. The number of urea groups is 1. The predicted molar refractivity (Wildman–Crippen MR) is 117 cm³/mol. The van der Waals surface area contributed by atoms with Crippen molar-refractivity contribution < 1.29 is 28.2 Å². The second-order valence-electron chi connectivity index (χ2n) is 8.07. The number of nitrogens with one attached hydrogen (secondary N) is 2. The van der Waals surface area contributed by atoms with Crippen LogP contribution in [0.1, 0.15) is 17.5 Å². The van der Waals surface area contributed by atoms with Crippen molar-refractivity contribution in [1.82, 2.24) is 10.2 Å². The van der Waals surface area contributed by atoms with Gasteiger partial charge in [0.05, 0.1) is 30.9 Å². The van der Waals surface area contributed by atoms with Gasteiger partial charge in [0.25, 0.3) is 0 Å². The molecule has 2 aliphatic heterocycles. The molecule has 3 N–H and O–H groups in total. The molecule has 2 heterocycles. The Kier molecular flexibility index (Phi) is 7.00. The van der Waals surface area contributed by atoms with Gasteiger partial charge >= 0.3 is 6.03 Å². The number of benzene rings is 2. The standard InChI is InChI=1S/C24H25F2N3O4/c25-17-5-7-19(26)21(11-17)28-24(32)27-20-8-6-18(33-22(20)14-30)12-23(31)29-10-9-15-3-1-2-4-16(15)13-29/h1-8,11,18,20,22,30H,9-10,12-14H2,(H2,27,28,32)/t18-,20-,22+/m0/s1. The van der Waals surface area contributed by atoms with E-state index in [1.807, 2.05) is 18.2 Å². The SMILES string of the molecule is O=C(Nc1cc(F)ccc1F)N[C@H]1C=C[C@@H](CC(=O)N2CCc3ccccc3C2)O[C@@H]1CO. The summed E-state index contributed by atoms with van der Waals surface area (Å²) in [5.74, 6) is -1.52. The molecule has 3 amide bonds. The Hall–Kier alpha value is -3.30. The number of ether oxygens (including phenoxy) is 1. The largest absolute Gasteiger partial charge is 0.394 e. The molecule has 0 saturated carbocycles. The number of rotatable bonds is 5. The highest BCUT2D eigenvalue weighted by Crippen LogP contribution is 2.22. The van der Waals surface area contributed by atoms with Crippen molar-refractivity contribution in [3.8, 4) is 0 Å². The molecule has 0 bridgehead atoms. The number of aliphatic hydroxyl groups is 1. The van der Waals surface area contributed by atoms with Crippen LogP contribution in [-0.4, -0.2) is 53.3 Å². The Morgan fingerprint density at radius 1 is 1.12 bits per heavy atom. The summed E-state index contributed by atoms with van der Waals surface area (Å²) in [5.41, 5.74) is 2.08. The van der Waals surface area contributed by atoms with Crippen molar-refractivity contribution in [3.05, 3.63) is 77.4 Å². The Balaban J connectivity index is 1.33. The fourth-order valence-electron chi connectivity index (χ4n) is 4.05. The minimum absolute atomic E-state index is 0.0541. The summed E-state index contributed by atoms with van der Waals surface area (Å²) in [7, 11) is 0. The second kappa shape index (κ2) is 10.1. The van der Waals surface area contributed by atoms with Gasteiger partial charge in [-0.1, -0.05) is 36.4 Å². The van der Waals surface area contributed by atoms with Crippen molar-refractivity contribution in [2.75, 3.05) is 18.5 Å². The summed E-state index contributed by atoms with van der Waals surface area (Å²) in [4.78, 5) is 26.8. The van der Waals surface area contributed by atoms with E-state index in [4.69, 9.17) is 4.74 Å². The summed E-state index contributed by atoms with van der Waals surface area (Å²) in [5, 5.41) is 14.5. The number of nitrogens with zero attached hydrogens (tertiary/aromatic N) is 1. The fraction of sp³-hybridized carbons (Fsp3) is 0.333. The molecule has 4 rings (SSSR count). The van der Waals surface area contributed by atoms with E-state index in [1.165, 1.54) is 5.56 Å². The van der Waals surface area contributed by atoms with Gasteiger partial charge in [-0.15, -0.1) is 0 Å². The van der Waals surface area contributed by atoms with E-state index in [-0.39, 0.29) is 18.0 Å². The first-order valence-corrected chi connectivity index (χ1v) is 10.7. The van der Waals surface area contributed by atoms with Crippen molar-refractivity contribution in [2.45, 2.75) is 37.6 Å². The van der Waals surface area contributed by atoms with E-state index in [0.29, 0.717) is 13.1 Å². The van der Waals surface area contributed by atoms with Crippen LogP contribution >= 0.6 is 0 Å². The predicted octanol–water partition coefficient (Wildman–Crippen LogP) is 2.75. The van der Waals surface area contributed by atoms with Gasteiger partial charge in [-0.25, -0.2) is 13.6 Å². The Labute approximate surface area is 190 Å². The van der Waals surface area contributed by atoms with Crippen molar-refractivity contribution >= 4 is 17.6 Å². The fourth-order valence-corrected chi connectivity index (χ4v) is 4.05. The number of carbonyl (C=O) groups excluding carboxylic acids is 2. The molecule has 3 atom stereocenters. The average molecular weight is 457 g/mol. The maximum Gasteiger partial charge on any atom is 0.319 e. The molecule has 0 fully saturated rings. The lowest BCUT2D eigenvalue weighted by atomic mass is 9.99. The van der Waals surface area contributed by atoms with Gasteiger partial charge in [0, 0.05) is 19.2 Å². The number of halogens is 2.